The Morgan fingerprint density at radius 3 is 2.78 bits per heavy atom. The Kier molecular flexibility index (Phi) is 3.68. The largest absolute Gasteiger partial charge is 0.507 e. The highest BCUT2D eigenvalue weighted by molar-refractivity contribution is 9.10. The van der Waals surface area contributed by atoms with Crippen LogP contribution in [0.15, 0.2) is 31.2 Å². The molecule has 0 bridgehead atoms. The summed E-state index contributed by atoms with van der Waals surface area (Å²) in [5.74, 6) is -0.507. The zero-order valence-corrected chi connectivity index (χ0v) is 11.8. The van der Waals surface area contributed by atoms with E-state index < -0.39 is 11.4 Å². The van der Waals surface area contributed by atoms with Gasteiger partial charge in [0.15, 0.2) is 5.78 Å². The number of aromatic hydroxyl groups is 1. The van der Waals surface area contributed by atoms with E-state index in [0.717, 1.165) is 9.35 Å². The summed E-state index contributed by atoms with van der Waals surface area (Å²) in [6.07, 6.45) is 0.0671. The number of Topliss-reactive ketones (excluding diaryl/α,β-unsaturated/α-hetero) is 1. The van der Waals surface area contributed by atoms with Gasteiger partial charge in [0.2, 0.25) is 0 Å². The molecule has 4 nitrogen and oxygen atoms in total. The lowest BCUT2D eigenvalue weighted by molar-refractivity contribution is 0.0986. The molecule has 0 aromatic carbocycles. The molecule has 0 amide bonds. The Balaban J connectivity index is 2.32. The molecule has 0 aliphatic carbocycles. The lowest BCUT2D eigenvalue weighted by atomic mass is 10.1. The predicted octanol–water partition coefficient (Wildman–Crippen LogP) is 2.90. The van der Waals surface area contributed by atoms with Crippen molar-refractivity contribution >= 4 is 33.0 Å². The van der Waals surface area contributed by atoms with E-state index in [-0.39, 0.29) is 23.5 Å². The van der Waals surface area contributed by atoms with Crippen molar-refractivity contribution in [2.24, 2.45) is 0 Å². The topological polar surface area (TPSA) is 67.5 Å². The summed E-state index contributed by atoms with van der Waals surface area (Å²) in [6.45, 7) is 1.53. The molecule has 0 fully saturated rings. The van der Waals surface area contributed by atoms with Crippen LogP contribution >= 0.6 is 27.3 Å². The molecule has 18 heavy (non-hydrogen) atoms. The first-order valence-electron chi connectivity index (χ1n) is 5.07. The molecule has 2 rings (SSSR count). The van der Waals surface area contributed by atoms with E-state index in [0.29, 0.717) is 0 Å². The van der Waals surface area contributed by atoms with Gasteiger partial charge in [-0.05, 0) is 28.9 Å². The Morgan fingerprint density at radius 2 is 2.22 bits per heavy atom. The van der Waals surface area contributed by atoms with Gasteiger partial charge in [0.05, 0.1) is 0 Å². The van der Waals surface area contributed by atoms with E-state index in [9.17, 15) is 14.7 Å². The van der Waals surface area contributed by atoms with Gasteiger partial charge in [-0.25, -0.2) is 4.79 Å². The third-order valence-corrected chi connectivity index (χ3v) is 3.99. The minimum absolute atomic E-state index is 0.0671. The molecular formula is C12H9BrO4S. The number of carbonyl (C=O) groups is 1. The second-order valence-electron chi connectivity index (χ2n) is 3.74. The zero-order valence-electron chi connectivity index (χ0n) is 9.40. The number of ketones is 1. The molecule has 0 aliphatic heterocycles. The van der Waals surface area contributed by atoms with Crippen LogP contribution in [0.4, 0.5) is 0 Å². The molecular weight excluding hydrogens is 320 g/mol. The van der Waals surface area contributed by atoms with Gasteiger partial charge < -0.3 is 9.52 Å². The maximum atomic E-state index is 11.9. The fourth-order valence-electron chi connectivity index (χ4n) is 1.55. The van der Waals surface area contributed by atoms with Gasteiger partial charge >= 0.3 is 5.63 Å². The quantitative estimate of drug-likeness (QED) is 0.879. The Bertz CT molecular complexity index is 656. The van der Waals surface area contributed by atoms with E-state index in [1.54, 1.807) is 6.07 Å². The molecule has 0 aliphatic rings. The van der Waals surface area contributed by atoms with E-state index >= 15 is 0 Å². The fourth-order valence-corrected chi connectivity index (χ4v) is 3.00. The van der Waals surface area contributed by atoms with Crippen molar-refractivity contribution in [1.82, 2.24) is 0 Å². The van der Waals surface area contributed by atoms with Crippen molar-refractivity contribution in [3.05, 3.63) is 48.6 Å². The average molecular weight is 329 g/mol. The standard InChI is InChI=1S/C12H9BrO4S/c1-6-2-9(14)11(12(16)17-6)10(15)4-8-3-7(13)5-18-8/h2-3,5,14H,4H2,1H3. The maximum absolute atomic E-state index is 11.9. The van der Waals surface area contributed by atoms with Gasteiger partial charge in [0.25, 0.3) is 0 Å². The lowest BCUT2D eigenvalue weighted by Gasteiger charge is -2.01. The van der Waals surface area contributed by atoms with Crippen molar-refractivity contribution in [2.45, 2.75) is 13.3 Å². The summed E-state index contributed by atoms with van der Waals surface area (Å²) in [7, 11) is 0. The van der Waals surface area contributed by atoms with Crippen LogP contribution in [0.3, 0.4) is 0 Å². The third-order valence-electron chi connectivity index (χ3n) is 2.29. The van der Waals surface area contributed by atoms with Crippen molar-refractivity contribution in [3.63, 3.8) is 0 Å². The minimum atomic E-state index is -0.798. The lowest BCUT2D eigenvalue weighted by Crippen LogP contribution is -2.16. The summed E-state index contributed by atoms with van der Waals surface area (Å²) in [5, 5.41) is 11.5. The number of rotatable bonds is 3. The highest BCUT2D eigenvalue weighted by Gasteiger charge is 2.19. The number of thiophene rings is 1. The van der Waals surface area contributed by atoms with Gasteiger partial charge in [-0.3, -0.25) is 4.79 Å². The van der Waals surface area contributed by atoms with E-state index in [1.165, 1.54) is 24.3 Å². The second-order valence-corrected chi connectivity index (χ2v) is 5.65. The van der Waals surface area contributed by atoms with E-state index in [1.807, 2.05) is 5.38 Å². The number of halogens is 1. The molecule has 0 radical (unpaired) electrons. The van der Waals surface area contributed by atoms with Crippen molar-refractivity contribution in [1.29, 1.82) is 0 Å². The molecule has 0 saturated heterocycles. The van der Waals surface area contributed by atoms with E-state index in [2.05, 4.69) is 15.9 Å². The Morgan fingerprint density at radius 1 is 1.50 bits per heavy atom. The zero-order chi connectivity index (χ0) is 13.3. The number of carbonyl (C=O) groups excluding carboxylic acids is 1. The molecule has 94 valence electrons. The molecule has 0 unspecified atom stereocenters. The summed E-state index contributed by atoms with van der Waals surface area (Å²) >= 11 is 4.69. The highest BCUT2D eigenvalue weighted by Crippen LogP contribution is 2.22. The second kappa shape index (κ2) is 5.07. The van der Waals surface area contributed by atoms with Crippen LogP contribution in [-0.2, 0) is 6.42 Å². The van der Waals surface area contributed by atoms with Gasteiger partial charge in [-0.1, -0.05) is 0 Å². The van der Waals surface area contributed by atoms with Crippen LogP contribution in [0, 0.1) is 6.92 Å². The van der Waals surface area contributed by atoms with Crippen LogP contribution in [0.5, 0.6) is 5.75 Å². The Hall–Kier alpha value is -1.40. The van der Waals surface area contributed by atoms with Crippen LogP contribution in [0.1, 0.15) is 21.0 Å². The molecule has 2 heterocycles. The Labute approximate surface area is 115 Å². The molecule has 2 aromatic heterocycles. The number of aryl methyl sites for hydroxylation is 1. The normalized spacial score (nSPS) is 10.6. The SMILES string of the molecule is Cc1cc(O)c(C(=O)Cc2cc(Br)cs2)c(=O)o1. The first-order chi connectivity index (χ1) is 8.47. The molecule has 1 N–H and O–H groups in total. The number of hydrogen-bond acceptors (Lipinski definition) is 5. The predicted molar refractivity (Wildman–Crippen MR) is 71.4 cm³/mol. The first-order valence-corrected chi connectivity index (χ1v) is 6.74. The van der Waals surface area contributed by atoms with Crippen molar-refractivity contribution < 1.29 is 14.3 Å². The number of hydrogen-bond donors (Lipinski definition) is 1. The average Bonchev–Trinajstić information content (AvgIpc) is 2.62. The first kappa shape index (κ1) is 13.0. The highest BCUT2D eigenvalue weighted by atomic mass is 79.9. The summed E-state index contributed by atoms with van der Waals surface area (Å²) in [4.78, 5) is 24.3. The molecule has 0 saturated carbocycles. The molecule has 6 heteroatoms. The van der Waals surface area contributed by atoms with Crippen LogP contribution in [-0.4, -0.2) is 10.9 Å². The van der Waals surface area contributed by atoms with Crippen LogP contribution < -0.4 is 5.63 Å². The molecule has 2 aromatic rings. The minimum Gasteiger partial charge on any atom is -0.507 e. The maximum Gasteiger partial charge on any atom is 0.350 e. The van der Waals surface area contributed by atoms with Crippen molar-refractivity contribution in [2.75, 3.05) is 0 Å². The van der Waals surface area contributed by atoms with Gasteiger partial charge in [0.1, 0.15) is 17.1 Å². The fraction of sp³-hybridized carbons (Fsp3) is 0.167. The third kappa shape index (κ3) is 2.70. The van der Waals surface area contributed by atoms with Gasteiger partial charge in [-0.2, -0.15) is 0 Å². The van der Waals surface area contributed by atoms with Gasteiger partial charge in [-0.15, -0.1) is 11.3 Å². The monoisotopic (exact) mass is 328 g/mol. The summed E-state index contributed by atoms with van der Waals surface area (Å²) in [5.41, 5.74) is -1.08. The van der Waals surface area contributed by atoms with Crippen LogP contribution in [0.25, 0.3) is 0 Å². The smallest absolute Gasteiger partial charge is 0.350 e. The molecule has 0 spiro atoms. The van der Waals surface area contributed by atoms with Crippen LogP contribution in [0.2, 0.25) is 0 Å². The van der Waals surface area contributed by atoms with E-state index in [4.69, 9.17) is 4.42 Å². The van der Waals surface area contributed by atoms with Crippen molar-refractivity contribution in [3.8, 4) is 5.75 Å². The summed E-state index contributed by atoms with van der Waals surface area (Å²) < 4.78 is 5.70. The summed E-state index contributed by atoms with van der Waals surface area (Å²) in [6, 6.07) is 3.06. The molecule has 0 atom stereocenters. The van der Waals surface area contributed by atoms with Gasteiger partial charge in [0, 0.05) is 27.2 Å².